The second-order valence-corrected chi connectivity index (χ2v) is 7.01. The molecule has 1 heteroatoms. The van der Waals surface area contributed by atoms with Gasteiger partial charge in [-0.3, -0.25) is 0 Å². The van der Waals surface area contributed by atoms with Crippen molar-refractivity contribution >= 4 is 0 Å². The molecule has 0 radical (unpaired) electrons. The molecule has 0 amide bonds. The maximum Gasteiger partial charge on any atom is 0.0214 e. The van der Waals surface area contributed by atoms with E-state index in [2.05, 4.69) is 13.8 Å². The van der Waals surface area contributed by atoms with Crippen LogP contribution in [0.3, 0.4) is 0 Å². The van der Waals surface area contributed by atoms with Crippen LogP contribution in [0.1, 0.15) is 52.4 Å². The van der Waals surface area contributed by atoms with Crippen molar-refractivity contribution in [2.24, 2.45) is 35.3 Å². The topological polar surface area (TPSA) is 26.0 Å². The molecule has 0 saturated heterocycles. The molecule has 0 unspecified atom stereocenters. The minimum Gasteiger partial charge on any atom is -0.325 e. The molecule has 0 aliphatic heterocycles. The van der Waals surface area contributed by atoms with Crippen molar-refractivity contribution in [2.75, 3.05) is 0 Å². The van der Waals surface area contributed by atoms with Crippen molar-refractivity contribution in [3.63, 3.8) is 0 Å². The molecule has 86 valence electrons. The van der Waals surface area contributed by atoms with Gasteiger partial charge in [-0.25, -0.2) is 0 Å². The maximum absolute atomic E-state index is 6.79. The highest BCUT2D eigenvalue weighted by Crippen LogP contribution is 2.58. The summed E-state index contributed by atoms with van der Waals surface area (Å²) in [4.78, 5) is 0. The fraction of sp³-hybridized carbons (Fsp3) is 1.00. The fourth-order valence-corrected chi connectivity index (χ4v) is 5.10. The third-order valence-electron chi connectivity index (χ3n) is 5.42. The molecule has 15 heavy (non-hydrogen) atoms. The Kier molecular flexibility index (Phi) is 2.18. The Morgan fingerprint density at radius 1 is 1.00 bits per heavy atom. The molecule has 0 aromatic rings. The van der Waals surface area contributed by atoms with Crippen molar-refractivity contribution in [3.05, 3.63) is 0 Å². The van der Waals surface area contributed by atoms with Gasteiger partial charge in [-0.05, 0) is 68.1 Å². The Labute approximate surface area is 93.8 Å². The lowest BCUT2D eigenvalue weighted by atomic mass is 9.47. The number of rotatable bonds is 2. The Morgan fingerprint density at radius 3 is 1.87 bits per heavy atom. The molecule has 4 rings (SSSR count). The summed E-state index contributed by atoms with van der Waals surface area (Å²) >= 11 is 0. The van der Waals surface area contributed by atoms with E-state index in [-0.39, 0.29) is 5.54 Å². The Morgan fingerprint density at radius 2 is 1.47 bits per heavy atom. The second kappa shape index (κ2) is 3.23. The summed E-state index contributed by atoms with van der Waals surface area (Å²) in [5.74, 6) is 4.62. The quantitative estimate of drug-likeness (QED) is 0.739. The van der Waals surface area contributed by atoms with E-state index in [4.69, 9.17) is 5.73 Å². The first-order valence-electron chi connectivity index (χ1n) is 6.87. The number of nitrogens with two attached hydrogens (primary N) is 1. The van der Waals surface area contributed by atoms with Crippen LogP contribution in [0.2, 0.25) is 0 Å². The van der Waals surface area contributed by atoms with Crippen molar-refractivity contribution < 1.29 is 0 Å². The predicted octanol–water partition coefficient (Wildman–Crippen LogP) is 3.19. The van der Waals surface area contributed by atoms with Gasteiger partial charge in [0.1, 0.15) is 0 Å². The Hall–Kier alpha value is -0.0400. The van der Waals surface area contributed by atoms with Gasteiger partial charge in [-0.15, -0.1) is 0 Å². The zero-order valence-electron chi connectivity index (χ0n) is 10.2. The first-order chi connectivity index (χ1) is 7.08. The molecule has 0 aromatic heterocycles. The monoisotopic (exact) mass is 207 g/mol. The van der Waals surface area contributed by atoms with Crippen LogP contribution in [0, 0.1) is 29.6 Å². The zero-order valence-corrected chi connectivity index (χ0v) is 10.2. The molecule has 0 atom stereocenters. The molecular formula is C14H25N. The van der Waals surface area contributed by atoms with Gasteiger partial charge in [-0.2, -0.15) is 0 Å². The van der Waals surface area contributed by atoms with Crippen LogP contribution < -0.4 is 5.73 Å². The average molecular weight is 207 g/mol. The molecule has 1 nitrogen and oxygen atoms in total. The van der Waals surface area contributed by atoms with E-state index in [1.165, 1.54) is 38.5 Å². The fourth-order valence-electron chi connectivity index (χ4n) is 5.10. The molecule has 4 fully saturated rings. The summed E-state index contributed by atoms with van der Waals surface area (Å²) < 4.78 is 0. The van der Waals surface area contributed by atoms with E-state index in [1.54, 1.807) is 0 Å². The smallest absolute Gasteiger partial charge is 0.0214 e. The standard InChI is InChI=1S/C14H25N/c1-9(2)8-14(15)12-4-10-3-11(6-12)7-13(14)5-10/h9-13H,3-8,15H2,1-2H3. The van der Waals surface area contributed by atoms with Crippen LogP contribution in [0.5, 0.6) is 0 Å². The molecule has 0 aromatic carbocycles. The molecule has 0 spiro atoms. The van der Waals surface area contributed by atoms with Crippen LogP contribution in [0.25, 0.3) is 0 Å². The summed E-state index contributed by atoms with van der Waals surface area (Å²) in [5.41, 5.74) is 7.02. The maximum atomic E-state index is 6.79. The Bertz CT molecular complexity index is 228. The lowest BCUT2D eigenvalue weighted by Crippen LogP contribution is -2.63. The number of hydrogen-bond acceptors (Lipinski definition) is 1. The molecule has 4 bridgehead atoms. The summed E-state index contributed by atoms with van der Waals surface area (Å²) in [6.07, 6.45) is 8.62. The lowest BCUT2D eigenvalue weighted by Gasteiger charge is -2.60. The summed E-state index contributed by atoms with van der Waals surface area (Å²) in [7, 11) is 0. The third-order valence-corrected chi connectivity index (χ3v) is 5.42. The summed E-state index contributed by atoms with van der Waals surface area (Å²) in [6.45, 7) is 4.67. The van der Waals surface area contributed by atoms with Crippen LogP contribution in [-0.4, -0.2) is 5.54 Å². The normalized spacial score (nSPS) is 52.8. The van der Waals surface area contributed by atoms with E-state index >= 15 is 0 Å². The highest BCUT2D eigenvalue weighted by Gasteiger charge is 2.54. The van der Waals surface area contributed by atoms with Gasteiger partial charge >= 0.3 is 0 Å². The van der Waals surface area contributed by atoms with Crippen LogP contribution in [0.15, 0.2) is 0 Å². The van der Waals surface area contributed by atoms with Gasteiger partial charge in [0.25, 0.3) is 0 Å². The van der Waals surface area contributed by atoms with Crippen molar-refractivity contribution in [1.29, 1.82) is 0 Å². The van der Waals surface area contributed by atoms with Crippen LogP contribution in [0.4, 0.5) is 0 Å². The Balaban J connectivity index is 1.84. The average Bonchev–Trinajstić information content (AvgIpc) is 2.12. The van der Waals surface area contributed by atoms with E-state index in [0.717, 1.165) is 29.6 Å². The largest absolute Gasteiger partial charge is 0.325 e. The van der Waals surface area contributed by atoms with Crippen molar-refractivity contribution in [1.82, 2.24) is 0 Å². The van der Waals surface area contributed by atoms with Gasteiger partial charge in [0.15, 0.2) is 0 Å². The van der Waals surface area contributed by atoms with E-state index in [0.29, 0.717) is 0 Å². The van der Waals surface area contributed by atoms with Crippen molar-refractivity contribution in [2.45, 2.75) is 57.9 Å². The highest BCUT2D eigenvalue weighted by atomic mass is 14.8. The molecule has 0 heterocycles. The predicted molar refractivity (Wildman–Crippen MR) is 63.4 cm³/mol. The summed E-state index contributed by atoms with van der Waals surface area (Å²) in [6, 6.07) is 0. The minimum absolute atomic E-state index is 0.224. The SMILES string of the molecule is CC(C)CC1(N)C2CC3CC(C2)CC1C3. The third kappa shape index (κ3) is 1.46. The molecule has 4 saturated carbocycles. The van der Waals surface area contributed by atoms with Gasteiger partial charge in [0, 0.05) is 5.54 Å². The van der Waals surface area contributed by atoms with Gasteiger partial charge in [-0.1, -0.05) is 13.8 Å². The molecule has 4 aliphatic rings. The van der Waals surface area contributed by atoms with Gasteiger partial charge < -0.3 is 5.73 Å². The minimum atomic E-state index is 0.224. The molecular weight excluding hydrogens is 182 g/mol. The van der Waals surface area contributed by atoms with E-state index in [9.17, 15) is 0 Å². The highest BCUT2D eigenvalue weighted by molar-refractivity contribution is 5.09. The van der Waals surface area contributed by atoms with Gasteiger partial charge in [0.2, 0.25) is 0 Å². The summed E-state index contributed by atoms with van der Waals surface area (Å²) in [5, 5.41) is 0. The van der Waals surface area contributed by atoms with Crippen LogP contribution >= 0.6 is 0 Å². The molecule has 4 aliphatic carbocycles. The zero-order chi connectivity index (χ0) is 10.6. The molecule has 2 N–H and O–H groups in total. The number of hydrogen-bond donors (Lipinski definition) is 1. The van der Waals surface area contributed by atoms with Gasteiger partial charge in [0.05, 0.1) is 0 Å². The first-order valence-corrected chi connectivity index (χ1v) is 6.87. The lowest BCUT2D eigenvalue weighted by molar-refractivity contribution is -0.0633. The van der Waals surface area contributed by atoms with E-state index in [1.807, 2.05) is 0 Å². The van der Waals surface area contributed by atoms with Crippen LogP contribution in [-0.2, 0) is 0 Å². The first kappa shape index (κ1) is 10.1. The van der Waals surface area contributed by atoms with Crippen molar-refractivity contribution in [3.8, 4) is 0 Å². The second-order valence-electron chi connectivity index (χ2n) is 7.01. The van der Waals surface area contributed by atoms with E-state index < -0.39 is 0 Å².